The quantitative estimate of drug-likeness (QED) is 0.521. The number of aromatic nitrogens is 2. The van der Waals surface area contributed by atoms with Crippen LogP contribution < -0.4 is 15.8 Å². The predicted octanol–water partition coefficient (Wildman–Crippen LogP) is 4.65. The van der Waals surface area contributed by atoms with Gasteiger partial charge in [-0.1, -0.05) is 12.2 Å². The Balaban J connectivity index is 1.27. The number of nitrogens with one attached hydrogen (secondary N) is 1. The van der Waals surface area contributed by atoms with Gasteiger partial charge in [0.05, 0.1) is 18.1 Å². The fraction of sp³-hybridized carbons (Fsp3) is 0.385. The van der Waals surface area contributed by atoms with E-state index < -0.39 is 11.6 Å². The lowest BCUT2D eigenvalue weighted by atomic mass is 9.80. The summed E-state index contributed by atoms with van der Waals surface area (Å²) in [5, 5.41) is 3.50. The van der Waals surface area contributed by atoms with Gasteiger partial charge < -0.3 is 15.8 Å². The monoisotopic (exact) mass is 452 g/mol. The minimum absolute atomic E-state index is 0.0559. The Bertz CT molecular complexity index is 1110. The van der Waals surface area contributed by atoms with Crippen molar-refractivity contribution < 1.29 is 13.5 Å². The molecule has 1 aromatic carbocycles. The van der Waals surface area contributed by atoms with Crippen molar-refractivity contribution in [2.75, 3.05) is 13.7 Å². The van der Waals surface area contributed by atoms with Crippen LogP contribution in [0.5, 0.6) is 5.88 Å². The summed E-state index contributed by atoms with van der Waals surface area (Å²) in [6, 6.07) is 9.67. The average Bonchev–Trinajstić information content (AvgIpc) is 2.84. The highest BCUT2D eigenvalue weighted by molar-refractivity contribution is 5.78. The van der Waals surface area contributed by atoms with Crippen molar-refractivity contribution in [2.45, 2.75) is 44.2 Å². The third kappa shape index (κ3) is 5.92. The fourth-order valence-corrected chi connectivity index (χ4v) is 4.57. The van der Waals surface area contributed by atoms with Crippen LogP contribution in [0.4, 0.5) is 8.78 Å². The minimum Gasteiger partial charge on any atom is -0.481 e. The number of hydrogen-bond acceptors (Lipinski definition) is 5. The van der Waals surface area contributed by atoms with Crippen molar-refractivity contribution >= 4 is 17.1 Å². The lowest BCUT2D eigenvalue weighted by Crippen LogP contribution is -2.39. The molecule has 1 fully saturated rings. The third-order valence-electron chi connectivity index (χ3n) is 6.46. The van der Waals surface area contributed by atoms with E-state index >= 15 is 0 Å². The number of fused-ring (bicyclic) bond motifs is 1. The van der Waals surface area contributed by atoms with Crippen LogP contribution in [-0.4, -0.2) is 35.7 Å². The number of hydrogen-bond donors (Lipinski definition) is 2. The van der Waals surface area contributed by atoms with Crippen LogP contribution in [0.25, 0.3) is 17.1 Å². The first-order valence-electron chi connectivity index (χ1n) is 11.4. The highest BCUT2D eigenvalue weighted by Crippen LogP contribution is 2.29. The number of ether oxygens (including phenoxy) is 1. The van der Waals surface area contributed by atoms with Crippen molar-refractivity contribution in [1.82, 2.24) is 15.3 Å². The molecule has 7 heteroatoms. The normalized spacial score (nSPS) is 19.8. The maximum atomic E-state index is 13.7. The molecular weight excluding hydrogens is 422 g/mol. The number of halogens is 2. The van der Waals surface area contributed by atoms with E-state index in [1.165, 1.54) is 6.07 Å². The molecule has 1 aliphatic rings. The van der Waals surface area contributed by atoms with Crippen LogP contribution in [0.15, 0.2) is 48.7 Å². The van der Waals surface area contributed by atoms with E-state index in [0.717, 1.165) is 60.8 Å². The van der Waals surface area contributed by atoms with E-state index in [2.05, 4.69) is 15.3 Å². The molecular formula is C26H30F2N4O. The second kappa shape index (κ2) is 10.8. The van der Waals surface area contributed by atoms with Crippen molar-refractivity contribution in [3.05, 3.63) is 71.4 Å². The molecule has 0 radical (unpaired) electrons. The van der Waals surface area contributed by atoms with E-state index in [-0.39, 0.29) is 11.6 Å². The predicted molar refractivity (Wildman–Crippen MR) is 127 cm³/mol. The Morgan fingerprint density at radius 2 is 1.97 bits per heavy atom. The Hall–Kier alpha value is -2.90. The number of rotatable bonds is 8. The summed E-state index contributed by atoms with van der Waals surface area (Å²) in [6.45, 7) is 0.619. The van der Waals surface area contributed by atoms with E-state index in [1.807, 2.05) is 30.5 Å². The highest BCUT2D eigenvalue weighted by atomic mass is 19.1. The van der Waals surface area contributed by atoms with Crippen molar-refractivity contribution in [3.8, 4) is 5.88 Å². The molecule has 0 spiro atoms. The van der Waals surface area contributed by atoms with Crippen LogP contribution >= 0.6 is 0 Å². The van der Waals surface area contributed by atoms with Gasteiger partial charge in [0.15, 0.2) is 0 Å². The van der Waals surface area contributed by atoms with Gasteiger partial charge in [0, 0.05) is 36.5 Å². The largest absolute Gasteiger partial charge is 0.481 e. The van der Waals surface area contributed by atoms with E-state index in [4.69, 9.17) is 10.5 Å². The fourth-order valence-electron chi connectivity index (χ4n) is 4.57. The van der Waals surface area contributed by atoms with Gasteiger partial charge in [-0.2, -0.15) is 0 Å². The van der Waals surface area contributed by atoms with Crippen molar-refractivity contribution in [2.24, 2.45) is 11.7 Å². The second-order valence-electron chi connectivity index (χ2n) is 8.65. The smallest absolute Gasteiger partial charge is 0.213 e. The van der Waals surface area contributed by atoms with Gasteiger partial charge in [-0.25, -0.2) is 13.8 Å². The first-order chi connectivity index (χ1) is 16.0. The molecule has 0 aliphatic heterocycles. The molecule has 0 bridgehead atoms. The molecule has 3 N–H and O–H groups in total. The summed E-state index contributed by atoms with van der Waals surface area (Å²) in [5.41, 5.74) is 9.69. The van der Waals surface area contributed by atoms with Gasteiger partial charge in [-0.15, -0.1) is 0 Å². The number of nitrogens with two attached hydrogens (primary N) is 1. The van der Waals surface area contributed by atoms with Gasteiger partial charge in [0.25, 0.3) is 0 Å². The van der Waals surface area contributed by atoms with Crippen molar-refractivity contribution in [3.63, 3.8) is 0 Å². The van der Waals surface area contributed by atoms with Crippen LogP contribution in [0.1, 0.15) is 36.8 Å². The summed E-state index contributed by atoms with van der Waals surface area (Å²) in [6.07, 6.45) is 10.2. The molecule has 1 aliphatic carbocycles. The summed E-state index contributed by atoms with van der Waals surface area (Å²) < 4.78 is 32.2. The summed E-state index contributed by atoms with van der Waals surface area (Å²) in [5.74, 6) is 0.172. The Morgan fingerprint density at radius 1 is 1.15 bits per heavy atom. The molecule has 2 heterocycles. The number of methoxy groups -OCH3 is 1. The molecule has 5 nitrogen and oxygen atoms in total. The van der Waals surface area contributed by atoms with Crippen molar-refractivity contribution in [1.29, 1.82) is 0 Å². The van der Waals surface area contributed by atoms with Gasteiger partial charge in [0.1, 0.15) is 11.6 Å². The molecule has 4 rings (SSSR count). The maximum absolute atomic E-state index is 13.7. The molecule has 1 saturated carbocycles. The minimum atomic E-state index is -0.437. The Labute approximate surface area is 193 Å². The summed E-state index contributed by atoms with van der Waals surface area (Å²) in [7, 11) is 1.61. The molecule has 33 heavy (non-hydrogen) atoms. The van der Waals surface area contributed by atoms with Crippen LogP contribution in [0, 0.1) is 17.6 Å². The molecule has 3 aromatic rings. The van der Waals surface area contributed by atoms with E-state index in [0.29, 0.717) is 24.4 Å². The van der Waals surface area contributed by atoms with Gasteiger partial charge >= 0.3 is 0 Å². The van der Waals surface area contributed by atoms with Gasteiger partial charge in [-0.3, -0.25) is 4.98 Å². The average molecular weight is 453 g/mol. The maximum Gasteiger partial charge on any atom is 0.213 e. The molecule has 0 saturated heterocycles. The van der Waals surface area contributed by atoms with Gasteiger partial charge in [-0.05, 0) is 73.9 Å². The molecule has 174 valence electrons. The van der Waals surface area contributed by atoms with Crippen LogP contribution in [-0.2, 0) is 6.42 Å². The number of pyridine rings is 2. The zero-order chi connectivity index (χ0) is 23.2. The number of nitrogens with zero attached hydrogens (tertiary/aromatic N) is 2. The Kier molecular flexibility index (Phi) is 7.62. The first-order valence-corrected chi connectivity index (χ1v) is 11.4. The van der Waals surface area contributed by atoms with Crippen LogP contribution in [0.2, 0.25) is 0 Å². The molecule has 1 unspecified atom stereocenters. The second-order valence-corrected chi connectivity index (χ2v) is 8.65. The topological polar surface area (TPSA) is 73.1 Å². The zero-order valence-corrected chi connectivity index (χ0v) is 18.8. The van der Waals surface area contributed by atoms with E-state index in [9.17, 15) is 8.78 Å². The van der Waals surface area contributed by atoms with Gasteiger partial charge in [0.2, 0.25) is 5.88 Å². The molecule has 1 atom stereocenters. The SMILES string of the molecule is COc1ccc2nccc(CC(N)[C@H]3CC[C@H](NCC=Cc4cc(F)ccc4F)CC3)c2n1. The number of benzene rings is 1. The zero-order valence-electron chi connectivity index (χ0n) is 18.8. The first kappa shape index (κ1) is 23.3. The summed E-state index contributed by atoms with van der Waals surface area (Å²) in [4.78, 5) is 8.98. The van der Waals surface area contributed by atoms with E-state index in [1.54, 1.807) is 13.2 Å². The lowest BCUT2D eigenvalue weighted by molar-refractivity contribution is 0.261. The highest BCUT2D eigenvalue weighted by Gasteiger charge is 2.26. The third-order valence-corrected chi connectivity index (χ3v) is 6.46. The Morgan fingerprint density at radius 3 is 2.76 bits per heavy atom. The molecule has 2 aromatic heterocycles. The molecule has 0 amide bonds. The standard InChI is InChI=1S/C26H30F2N4O/c1-33-25-11-10-24-26(32-25)19(12-14-31-24)16-23(29)17-4-7-21(8-5-17)30-13-2-3-18-15-20(27)6-9-22(18)28/h2-3,6,9-12,14-15,17,21,23,30H,4-5,7-8,13,16,29H2,1H3/t17-,21-,23?. The summed E-state index contributed by atoms with van der Waals surface area (Å²) >= 11 is 0. The van der Waals surface area contributed by atoms with Crippen LogP contribution in [0.3, 0.4) is 0 Å². The lowest BCUT2D eigenvalue weighted by Gasteiger charge is -2.32.